The van der Waals surface area contributed by atoms with Gasteiger partial charge in [-0.1, -0.05) is 18.9 Å². The molecule has 21 heavy (non-hydrogen) atoms. The Morgan fingerprint density at radius 1 is 1.33 bits per heavy atom. The summed E-state index contributed by atoms with van der Waals surface area (Å²) in [7, 11) is 1.59. The highest BCUT2D eigenvalue weighted by Gasteiger charge is 2.25. The molecule has 0 spiro atoms. The first kappa shape index (κ1) is 15.6. The first-order valence-electron chi connectivity index (χ1n) is 7.51. The molecule has 0 heterocycles. The largest absolute Gasteiger partial charge is 0.497 e. The third kappa shape index (κ3) is 4.63. The van der Waals surface area contributed by atoms with Crippen molar-refractivity contribution in [2.45, 2.75) is 25.7 Å². The van der Waals surface area contributed by atoms with Crippen LogP contribution in [0.4, 0.5) is 10.5 Å². The Labute approximate surface area is 125 Å². The first-order valence-corrected chi connectivity index (χ1v) is 7.51. The highest BCUT2D eigenvalue weighted by molar-refractivity contribution is 5.84. The van der Waals surface area contributed by atoms with Gasteiger partial charge in [0.15, 0.2) is 0 Å². The van der Waals surface area contributed by atoms with Gasteiger partial charge in [0.1, 0.15) is 5.75 Å². The number of nitrogens with one attached hydrogen (secondary N) is 1. The number of hydrogen-bond acceptors (Lipinski definition) is 4. The van der Waals surface area contributed by atoms with E-state index in [1.54, 1.807) is 19.2 Å². The molecule has 0 aliphatic heterocycles. The molecule has 2 atom stereocenters. The third-order valence-electron chi connectivity index (χ3n) is 4.11. The highest BCUT2D eigenvalue weighted by Crippen LogP contribution is 2.29. The van der Waals surface area contributed by atoms with Crippen LogP contribution in [0.3, 0.4) is 0 Å². The van der Waals surface area contributed by atoms with Gasteiger partial charge in [0.25, 0.3) is 0 Å². The van der Waals surface area contributed by atoms with Crippen LogP contribution in [0.1, 0.15) is 25.7 Å². The molecule has 1 aliphatic carbocycles. The number of amides is 1. The van der Waals surface area contributed by atoms with Gasteiger partial charge >= 0.3 is 6.09 Å². The van der Waals surface area contributed by atoms with Crippen LogP contribution >= 0.6 is 0 Å². The second kappa shape index (κ2) is 7.88. The minimum Gasteiger partial charge on any atom is -0.497 e. The Morgan fingerprint density at radius 3 is 2.81 bits per heavy atom. The average Bonchev–Trinajstić information content (AvgIpc) is 2.53. The van der Waals surface area contributed by atoms with E-state index in [9.17, 15) is 4.79 Å². The standard InChI is InChI=1S/C16H24N2O3/c1-20-15-8-4-7-14(9-15)18-16(19)21-11-13-6-3-2-5-12(13)10-17/h4,7-9,12-13H,2-3,5-6,10-11,17H2,1H3,(H,18,19). The fourth-order valence-electron chi connectivity index (χ4n) is 2.85. The van der Waals surface area contributed by atoms with E-state index >= 15 is 0 Å². The van der Waals surface area contributed by atoms with Crippen molar-refractivity contribution in [3.8, 4) is 5.75 Å². The van der Waals surface area contributed by atoms with Gasteiger partial charge in [-0.05, 0) is 43.4 Å². The van der Waals surface area contributed by atoms with E-state index in [1.807, 2.05) is 12.1 Å². The second-order valence-corrected chi connectivity index (χ2v) is 5.50. The van der Waals surface area contributed by atoms with Crippen LogP contribution in [-0.2, 0) is 4.74 Å². The Kier molecular flexibility index (Phi) is 5.87. The van der Waals surface area contributed by atoms with Crippen molar-refractivity contribution in [3.05, 3.63) is 24.3 Å². The van der Waals surface area contributed by atoms with Crippen LogP contribution in [-0.4, -0.2) is 26.4 Å². The van der Waals surface area contributed by atoms with Crippen molar-refractivity contribution in [2.75, 3.05) is 25.6 Å². The molecule has 2 rings (SSSR count). The molecule has 1 saturated carbocycles. The number of hydrogen-bond donors (Lipinski definition) is 2. The van der Waals surface area contributed by atoms with Gasteiger partial charge in [-0.2, -0.15) is 0 Å². The SMILES string of the molecule is COc1cccc(NC(=O)OCC2CCCCC2CN)c1. The molecular formula is C16H24N2O3. The van der Waals surface area contributed by atoms with Crippen molar-refractivity contribution in [2.24, 2.45) is 17.6 Å². The Morgan fingerprint density at radius 2 is 2.10 bits per heavy atom. The van der Waals surface area contributed by atoms with E-state index in [0.29, 0.717) is 36.4 Å². The summed E-state index contributed by atoms with van der Waals surface area (Å²) in [6.45, 7) is 1.11. The lowest BCUT2D eigenvalue weighted by molar-refractivity contribution is 0.104. The summed E-state index contributed by atoms with van der Waals surface area (Å²) in [6.07, 6.45) is 4.23. The van der Waals surface area contributed by atoms with Crippen LogP contribution in [0.5, 0.6) is 5.75 Å². The van der Waals surface area contributed by atoms with E-state index in [-0.39, 0.29) is 0 Å². The number of nitrogens with two attached hydrogens (primary N) is 1. The van der Waals surface area contributed by atoms with Gasteiger partial charge in [0.05, 0.1) is 13.7 Å². The molecule has 5 heteroatoms. The molecular weight excluding hydrogens is 268 g/mol. The summed E-state index contributed by atoms with van der Waals surface area (Å²) in [5, 5.41) is 2.72. The molecule has 0 aromatic heterocycles. The third-order valence-corrected chi connectivity index (χ3v) is 4.11. The van der Waals surface area contributed by atoms with Gasteiger partial charge < -0.3 is 15.2 Å². The van der Waals surface area contributed by atoms with Gasteiger partial charge in [-0.15, -0.1) is 0 Å². The van der Waals surface area contributed by atoms with E-state index in [0.717, 1.165) is 12.8 Å². The monoisotopic (exact) mass is 292 g/mol. The molecule has 0 bridgehead atoms. The highest BCUT2D eigenvalue weighted by atomic mass is 16.5. The zero-order valence-electron chi connectivity index (χ0n) is 12.5. The number of rotatable bonds is 5. The van der Waals surface area contributed by atoms with Crippen LogP contribution in [0.15, 0.2) is 24.3 Å². The molecule has 1 amide bonds. The van der Waals surface area contributed by atoms with Crippen molar-refractivity contribution >= 4 is 11.8 Å². The molecule has 2 unspecified atom stereocenters. The van der Waals surface area contributed by atoms with Crippen molar-refractivity contribution in [3.63, 3.8) is 0 Å². The summed E-state index contributed by atoms with van der Waals surface area (Å²) >= 11 is 0. The number of benzene rings is 1. The van der Waals surface area contributed by atoms with Crippen LogP contribution in [0.2, 0.25) is 0 Å². The molecule has 116 valence electrons. The van der Waals surface area contributed by atoms with Gasteiger partial charge in [0.2, 0.25) is 0 Å². The molecule has 1 aliphatic rings. The van der Waals surface area contributed by atoms with E-state index in [1.165, 1.54) is 12.8 Å². The number of ether oxygens (including phenoxy) is 2. The predicted octanol–water partition coefficient (Wildman–Crippen LogP) is 3.01. The maximum absolute atomic E-state index is 11.8. The fraction of sp³-hybridized carbons (Fsp3) is 0.562. The Hall–Kier alpha value is -1.75. The maximum Gasteiger partial charge on any atom is 0.411 e. The van der Waals surface area contributed by atoms with E-state index < -0.39 is 6.09 Å². The van der Waals surface area contributed by atoms with Crippen molar-refractivity contribution in [1.82, 2.24) is 0 Å². The predicted molar refractivity (Wildman–Crippen MR) is 82.5 cm³/mol. The lowest BCUT2D eigenvalue weighted by Crippen LogP contribution is -2.31. The Bertz CT molecular complexity index is 465. The maximum atomic E-state index is 11.8. The van der Waals surface area contributed by atoms with E-state index in [2.05, 4.69) is 5.32 Å². The molecule has 5 nitrogen and oxygen atoms in total. The molecule has 1 aromatic carbocycles. The lowest BCUT2D eigenvalue weighted by atomic mass is 9.80. The summed E-state index contributed by atoms with van der Waals surface area (Å²) in [5.41, 5.74) is 6.45. The quantitative estimate of drug-likeness (QED) is 0.875. The van der Waals surface area contributed by atoms with Gasteiger partial charge in [0, 0.05) is 11.8 Å². The first-order chi connectivity index (χ1) is 10.2. The zero-order chi connectivity index (χ0) is 15.1. The minimum absolute atomic E-state index is 0.389. The van der Waals surface area contributed by atoms with Crippen LogP contribution < -0.4 is 15.8 Å². The van der Waals surface area contributed by atoms with Crippen LogP contribution in [0, 0.1) is 11.8 Å². The normalized spacial score (nSPS) is 21.6. The number of carbonyl (C=O) groups excluding carboxylic acids is 1. The molecule has 0 saturated heterocycles. The summed E-state index contributed by atoms with van der Waals surface area (Å²) < 4.78 is 10.5. The minimum atomic E-state index is -0.426. The lowest BCUT2D eigenvalue weighted by Gasteiger charge is -2.30. The summed E-state index contributed by atoms with van der Waals surface area (Å²) in [5.74, 6) is 1.56. The van der Waals surface area contributed by atoms with Crippen molar-refractivity contribution in [1.29, 1.82) is 0 Å². The molecule has 3 N–H and O–H groups in total. The Balaban J connectivity index is 1.81. The number of anilines is 1. The zero-order valence-corrected chi connectivity index (χ0v) is 12.5. The van der Waals surface area contributed by atoms with E-state index in [4.69, 9.17) is 15.2 Å². The van der Waals surface area contributed by atoms with Crippen LogP contribution in [0.25, 0.3) is 0 Å². The molecule has 1 fully saturated rings. The number of methoxy groups -OCH3 is 1. The topological polar surface area (TPSA) is 73.6 Å². The van der Waals surface area contributed by atoms with Gasteiger partial charge in [-0.3, -0.25) is 5.32 Å². The molecule has 1 aromatic rings. The van der Waals surface area contributed by atoms with Crippen molar-refractivity contribution < 1.29 is 14.3 Å². The average molecular weight is 292 g/mol. The summed E-state index contributed by atoms with van der Waals surface area (Å²) in [6, 6.07) is 7.20. The van der Waals surface area contributed by atoms with Gasteiger partial charge in [-0.25, -0.2) is 4.79 Å². The fourth-order valence-corrected chi connectivity index (χ4v) is 2.85. The molecule has 0 radical (unpaired) electrons. The smallest absolute Gasteiger partial charge is 0.411 e. The second-order valence-electron chi connectivity index (χ2n) is 5.50. The number of carbonyl (C=O) groups is 1. The summed E-state index contributed by atoms with van der Waals surface area (Å²) in [4.78, 5) is 11.8.